The first-order chi connectivity index (χ1) is 8.74. The summed E-state index contributed by atoms with van der Waals surface area (Å²) in [7, 11) is 0. The number of aromatic nitrogens is 3. The van der Waals surface area contributed by atoms with Crippen LogP contribution in [0.3, 0.4) is 0 Å². The van der Waals surface area contributed by atoms with Crippen molar-refractivity contribution in [1.29, 1.82) is 0 Å². The number of likely N-dealkylation sites (tertiary alicyclic amines) is 1. The number of nitrogens with two attached hydrogens (primary N) is 1. The Hall–Kier alpha value is -1.62. The SMILES string of the molecule is CCN1CCC(Cc2cc3ncc(N)cn3n2)C1. The zero-order valence-electron chi connectivity index (χ0n) is 10.7. The van der Waals surface area contributed by atoms with Gasteiger partial charge in [-0.3, -0.25) is 0 Å². The van der Waals surface area contributed by atoms with Gasteiger partial charge < -0.3 is 10.6 Å². The number of nitrogen functional groups attached to an aromatic ring is 1. The first kappa shape index (κ1) is 11.5. The second-order valence-corrected chi connectivity index (χ2v) is 5.08. The fourth-order valence-corrected chi connectivity index (χ4v) is 2.70. The van der Waals surface area contributed by atoms with Crippen LogP contribution in [0.1, 0.15) is 19.0 Å². The molecule has 2 N–H and O–H groups in total. The number of fused-ring (bicyclic) bond motifs is 1. The van der Waals surface area contributed by atoms with Gasteiger partial charge in [0, 0.05) is 12.6 Å². The quantitative estimate of drug-likeness (QED) is 0.882. The van der Waals surface area contributed by atoms with E-state index in [1.54, 1.807) is 10.7 Å². The minimum absolute atomic E-state index is 0.648. The van der Waals surface area contributed by atoms with E-state index in [0.29, 0.717) is 5.69 Å². The first-order valence-electron chi connectivity index (χ1n) is 6.56. The van der Waals surface area contributed by atoms with E-state index in [1.807, 2.05) is 6.20 Å². The van der Waals surface area contributed by atoms with Gasteiger partial charge in [0.1, 0.15) is 0 Å². The van der Waals surface area contributed by atoms with Crippen LogP contribution >= 0.6 is 0 Å². The average molecular weight is 245 g/mol. The molecule has 1 fully saturated rings. The molecule has 1 saturated heterocycles. The highest BCUT2D eigenvalue weighted by atomic mass is 15.2. The summed E-state index contributed by atoms with van der Waals surface area (Å²) >= 11 is 0. The topological polar surface area (TPSA) is 59.5 Å². The first-order valence-corrected chi connectivity index (χ1v) is 6.56. The van der Waals surface area contributed by atoms with E-state index in [4.69, 9.17) is 5.73 Å². The van der Waals surface area contributed by atoms with Crippen molar-refractivity contribution in [3.63, 3.8) is 0 Å². The fourth-order valence-electron chi connectivity index (χ4n) is 2.70. The van der Waals surface area contributed by atoms with Gasteiger partial charge in [-0.15, -0.1) is 0 Å². The van der Waals surface area contributed by atoms with Gasteiger partial charge in [0.2, 0.25) is 0 Å². The highest BCUT2D eigenvalue weighted by Gasteiger charge is 2.22. The second-order valence-electron chi connectivity index (χ2n) is 5.08. The average Bonchev–Trinajstić information content (AvgIpc) is 2.95. The van der Waals surface area contributed by atoms with Crippen molar-refractivity contribution in [2.45, 2.75) is 19.8 Å². The summed E-state index contributed by atoms with van der Waals surface area (Å²) in [6, 6.07) is 2.06. The van der Waals surface area contributed by atoms with Gasteiger partial charge in [-0.05, 0) is 31.8 Å². The summed E-state index contributed by atoms with van der Waals surface area (Å²) in [4.78, 5) is 6.77. The lowest BCUT2D eigenvalue weighted by Gasteiger charge is -2.11. The second kappa shape index (κ2) is 4.57. The Labute approximate surface area is 107 Å². The van der Waals surface area contributed by atoms with Gasteiger partial charge in [-0.1, -0.05) is 6.92 Å². The van der Waals surface area contributed by atoms with E-state index >= 15 is 0 Å². The Bertz CT molecular complexity index is 547. The molecular weight excluding hydrogens is 226 g/mol. The van der Waals surface area contributed by atoms with E-state index in [-0.39, 0.29) is 0 Å². The third-order valence-electron chi connectivity index (χ3n) is 3.70. The lowest BCUT2D eigenvalue weighted by molar-refractivity contribution is 0.341. The van der Waals surface area contributed by atoms with Gasteiger partial charge in [0.05, 0.1) is 23.8 Å². The molecule has 0 radical (unpaired) electrons. The summed E-state index contributed by atoms with van der Waals surface area (Å²) in [6.07, 6.45) is 5.81. The largest absolute Gasteiger partial charge is 0.396 e. The summed E-state index contributed by atoms with van der Waals surface area (Å²) < 4.78 is 1.78. The molecule has 3 rings (SSSR count). The molecule has 3 heterocycles. The Morgan fingerprint density at radius 1 is 1.50 bits per heavy atom. The zero-order chi connectivity index (χ0) is 12.5. The van der Waals surface area contributed by atoms with Gasteiger partial charge in [0.15, 0.2) is 5.65 Å². The molecule has 0 spiro atoms. The molecule has 0 aromatic carbocycles. The van der Waals surface area contributed by atoms with Crippen LogP contribution in [0.4, 0.5) is 5.69 Å². The zero-order valence-corrected chi connectivity index (χ0v) is 10.7. The predicted molar refractivity (Wildman–Crippen MR) is 71.3 cm³/mol. The molecule has 0 aliphatic carbocycles. The predicted octanol–water partition coefficient (Wildman–Crippen LogP) is 1.20. The standard InChI is InChI=1S/C13H19N5/c1-2-17-4-3-10(8-17)5-12-6-13-15-7-11(14)9-18(13)16-12/h6-7,9-10H,2-5,8,14H2,1H3. The normalized spacial score (nSPS) is 20.8. The van der Waals surface area contributed by atoms with Crippen molar-refractivity contribution in [1.82, 2.24) is 19.5 Å². The summed E-state index contributed by atoms with van der Waals surface area (Å²) in [5, 5.41) is 4.54. The highest BCUT2D eigenvalue weighted by Crippen LogP contribution is 2.20. The summed E-state index contributed by atoms with van der Waals surface area (Å²) in [6.45, 7) is 5.79. The van der Waals surface area contributed by atoms with Crippen LogP contribution in [0.15, 0.2) is 18.5 Å². The maximum Gasteiger partial charge on any atom is 0.155 e. The molecule has 1 aliphatic rings. The summed E-state index contributed by atoms with van der Waals surface area (Å²) in [5.74, 6) is 0.729. The smallest absolute Gasteiger partial charge is 0.155 e. The van der Waals surface area contributed by atoms with Crippen molar-refractivity contribution >= 4 is 11.3 Å². The van der Waals surface area contributed by atoms with Crippen LogP contribution in [0.5, 0.6) is 0 Å². The van der Waals surface area contributed by atoms with Gasteiger partial charge in [-0.2, -0.15) is 5.10 Å². The molecule has 1 aliphatic heterocycles. The van der Waals surface area contributed by atoms with E-state index in [1.165, 1.54) is 19.5 Å². The highest BCUT2D eigenvalue weighted by molar-refractivity contribution is 5.44. The monoisotopic (exact) mass is 245 g/mol. The molecule has 0 saturated carbocycles. The number of anilines is 1. The molecule has 1 unspecified atom stereocenters. The molecule has 5 heteroatoms. The van der Waals surface area contributed by atoms with Crippen LogP contribution in [-0.2, 0) is 6.42 Å². The Morgan fingerprint density at radius 2 is 2.39 bits per heavy atom. The van der Waals surface area contributed by atoms with E-state index in [2.05, 4.69) is 28.0 Å². The van der Waals surface area contributed by atoms with Crippen molar-refractivity contribution in [3.05, 3.63) is 24.2 Å². The molecule has 2 aromatic heterocycles. The Morgan fingerprint density at radius 3 is 3.17 bits per heavy atom. The third kappa shape index (κ3) is 2.18. The number of rotatable bonds is 3. The number of nitrogens with zero attached hydrogens (tertiary/aromatic N) is 4. The van der Waals surface area contributed by atoms with Crippen LogP contribution in [0.25, 0.3) is 5.65 Å². The number of hydrogen-bond acceptors (Lipinski definition) is 4. The molecule has 0 amide bonds. The van der Waals surface area contributed by atoms with Crippen molar-refractivity contribution in [3.8, 4) is 0 Å². The Kier molecular flexibility index (Phi) is 2.91. The van der Waals surface area contributed by atoms with Crippen LogP contribution in [0.2, 0.25) is 0 Å². The summed E-state index contributed by atoms with van der Waals surface area (Å²) in [5.41, 5.74) is 8.35. The van der Waals surface area contributed by atoms with E-state index in [0.717, 1.165) is 30.2 Å². The molecular formula is C13H19N5. The van der Waals surface area contributed by atoms with E-state index < -0.39 is 0 Å². The number of hydrogen-bond donors (Lipinski definition) is 1. The molecule has 1 atom stereocenters. The third-order valence-corrected chi connectivity index (χ3v) is 3.70. The maximum absolute atomic E-state index is 5.70. The molecule has 0 bridgehead atoms. The molecule has 18 heavy (non-hydrogen) atoms. The molecule has 2 aromatic rings. The minimum Gasteiger partial charge on any atom is -0.396 e. The molecule has 96 valence electrons. The van der Waals surface area contributed by atoms with E-state index in [9.17, 15) is 0 Å². The lowest BCUT2D eigenvalue weighted by atomic mass is 10.0. The minimum atomic E-state index is 0.648. The lowest BCUT2D eigenvalue weighted by Crippen LogP contribution is -2.20. The fraction of sp³-hybridized carbons (Fsp3) is 0.538. The maximum atomic E-state index is 5.70. The van der Waals surface area contributed by atoms with Crippen LogP contribution in [0, 0.1) is 5.92 Å². The van der Waals surface area contributed by atoms with Gasteiger partial charge >= 0.3 is 0 Å². The van der Waals surface area contributed by atoms with Crippen molar-refractivity contribution < 1.29 is 0 Å². The molecule has 5 nitrogen and oxygen atoms in total. The van der Waals surface area contributed by atoms with Gasteiger partial charge in [-0.25, -0.2) is 9.50 Å². The van der Waals surface area contributed by atoms with Crippen molar-refractivity contribution in [2.75, 3.05) is 25.4 Å². The van der Waals surface area contributed by atoms with Crippen LogP contribution in [-0.4, -0.2) is 39.1 Å². The van der Waals surface area contributed by atoms with Crippen molar-refractivity contribution in [2.24, 2.45) is 5.92 Å². The van der Waals surface area contributed by atoms with Crippen LogP contribution < -0.4 is 5.73 Å². The Balaban J connectivity index is 1.75. The van der Waals surface area contributed by atoms with Gasteiger partial charge in [0.25, 0.3) is 0 Å².